The quantitative estimate of drug-likeness (QED) is 0.423. The fraction of sp³-hybridized carbons (Fsp3) is 1.00. The van der Waals surface area contributed by atoms with Gasteiger partial charge in [-0.15, -0.1) is 0 Å². The van der Waals surface area contributed by atoms with Gasteiger partial charge in [-0.2, -0.15) is 0 Å². The van der Waals surface area contributed by atoms with Gasteiger partial charge in [-0.3, -0.25) is 0 Å². The Hall–Kier alpha value is -0.280. The van der Waals surface area contributed by atoms with E-state index < -0.39 is 11.9 Å². The molecule has 0 spiro atoms. The van der Waals surface area contributed by atoms with Gasteiger partial charge in [0.2, 0.25) is 0 Å². The van der Waals surface area contributed by atoms with E-state index >= 15 is 0 Å². The molecule has 0 atom stereocenters. The third kappa shape index (κ3) is 6.27. The molecule has 0 bridgehead atoms. The average Bonchev–Trinajstić information content (AvgIpc) is 2.37. The van der Waals surface area contributed by atoms with Crippen molar-refractivity contribution in [2.45, 2.75) is 25.8 Å². The molecule has 0 fully saturated rings. The highest BCUT2D eigenvalue weighted by Crippen LogP contribution is 2.13. The molecular weight excluding hydrogens is 232 g/mol. The second kappa shape index (κ2) is 7.93. The maximum absolute atomic E-state index is 5.18. The number of hydrogen-bond acceptors (Lipinski definition) is 7. The molecule has 0 aliphatic heterocycles. The third-order valence-electron chi connectivity index (χ3n) is 2.29. The van der Waals surface area contributed by atoms with E-state index in [1.807, 2.05) is 0 Å². The van der Waals surface area contributed by atoms with Crippen LogP contribution in [0.4, 0.5) is 0 Å². The molecule has 7 nitrogen and oxygen atoms in total. The molecule has 17 heavy (non-hydrogen) atoms. The molecule has 0 saturated carbocycles. The van der Waals surface area contributed by atoms with Gasteiger partial charge in [0.15, 0.2) is 13.6 Å². The summed E-state index contributed by atoms with van der Waals surface area (Å²) in [6.45, 7) is 3.13. The van der Waals surface area contributed by atoms with Gasteiger partial charge in [-0.25, -0.2) is 0 Å². The Labute approximate surface area is 102 Å². The molecule has 0 aliphatic carbocycles. The molecule has 104 valence electrons. The van der Waals surface area contributed by atoms with E-state index in [1.165, 1.54) is 28.4 Å². The first-order valence-electron chi connectivity index (χ1n) is 5.01. The lowest BCUT2D eigenvalue weighted by atomic mass is 10.6. The SMILES string of the molecule is COC(C)(OC)OCOCOC(C)(OC)OC. The summed E-state index contributed by atoms with van der Waals surface area (Å²) in [5, 5.41) is 0. The molecule has 0 saturated heterocycles. The first-order valence-corrected chi connectivity index (χ1v) is 5.01. The minimum absolute atomic E-state index is 0.0539. The van der Waals surface area contributed by atoms with E-state index in [9.17, 15) is 0 Å². The second-order valence-electron chi connectivity index (χ2n) is 3.27. The number of hydrogen-bond donors (Lipinski definition) is 0. The fourth-order valence-corrected chi connectivity index (χ4v) is 0.734. The molecule has 0 aromatic carbocycles. The molecule has 0 radical (unpaired) electrons. The summed E-state index contributed by atoms with van der Waals surface area (Å²) in [4.78, 5) is 0. The predicted octanol–water partition coefficient (Wildman–Crippen LogP) is 0.884. The number of methoxy groups -OCH3 is 4. The van der Waals surface area contributed by atoms with Crippen LogP contribution >= 0.6 is 0 Å². The standard InChI is InChI=1S/C10H22O7/c1-9(11-3,12-4)16-7-15-8-17-10(2,13-5)14-6/h7-8H2,1-6H3. The summed E-state index contributed by atoms with van der Waals surface area (Å²) in [6, 6.07) is 0. The maximum atomic E-state index is 5.18. The summed E-state index contributed by atoms with van der Waals surface area (Å²) in [5.74, 6) is -2.27. The van der Waals surface area contributed by atoms with Crippen LogP contribution in [-0.2, 0) is 33.2 Å². The Balaban J connectivity index is 3.72. The maximum Gasteiger partial charge on any atom is 0.281 e. The van der Waals surface area contributed by atoms with E-state index in [-0.39, 0.29) is 13.6 Å². The van der Waals surface area contributed by atoms with Gasteiger partial charge >= 0.3 is 0 Å². The van der Waals surface area contributed by atoms with Crippen molar-refractivity contribution in [2.75, 3.05) is 42.0 Å². The summed E-state index contributed by atoms with van der Waals surface area (Å²) in [5.41, 5.74) is 0. The Morgan fingerprint density at radius 3 is 1.18 bits per heavy atom. The van der Waals surface area contributed by atoms with E-state index in [4.69, 9.17) is 33.2 Å². The lowest BCUT2D eigenvalue weighted by Gasteiger charge is -2.27. The minimum atomic E-state index is -1.13. The van der Waals surface area contributed by atoms with Crippen molar-refractivity contribution < 1.29 is 33.2 Å². The number of rotatable bonds is 10. The van der Waals surface area contributed by atoms with Crippen LogP contribution in [0.25, 0.3) is 0 Å². The van der Waals surface area contributed by atoms with Gasteiger partial charge in [0.25, 0.3) is 11.9 Å². The highest BCUT2D eigenvalue weighted by Gasteiger charge is 2.25. The molecule has 0 aromatic rings. The van der Waals surface area contributed by atoms with Crippen LogP contribution in [0.3, 0.4) is 0 Å². The van der Waals surface area contributed by atoms with Gasteiger partial charge < -0.3 is 33.2 Å². The van der Waals surface area contributed by atoms with Crippen LogP contribution in [0.2, 0.25) is 0 Å². The highest BCUT2D eigenvalue weighted by molar-refractivity contribution is 4.42. The summed E-state index contributed by atoms with van der Waals surface area (Å²) < 4.78 is 35.3. The molecule has 0 aromatic heterocycles. The first kappa shape index (κ1) is 16.7. The highest BCUT2D eigenvalue weighted by atomic mass is 16.9. The Bertz CT molecular complexity index is 169. The van der Waals surface area contributed by atoms with Gasteiger partial charge in [-0.05, 0) is 0 Å². The van der Waals surface area contributed by atoms with Crippen LogP contribution in [0.15, 0.2) is 0 Å². The van der Waals surface area contributed by atoms with Crippen LogP contribution in [0, 0.1) is 0 Å². The lowest BCUT2D eigenvalue weighted by molar-refractivity contribution is -0.398. The molecule has 0 unspecified atom stereocenters. The Kier molecular flexibility index (Phi) is 7.80. The van der Waals surface area contributed by atoms with Crippen molar-refractivity contribution in [3.8, 4) is 0 Å². The molecule has 0 amide bonds. The number of ether oxygens (including phenoxy) is 7. The van der Waals surface area contributed by atoms with Crippen LogP contribution in [0.1, 0.15) is 13.8 Å². The lowest BCUT2D eigenvalue weighted by Crippen LogP contribution is -2.36. The van der Waals surface area contributed by atoms with Gasteiger partial charge in [-0.1, -0.05) is 0 Å². The molecular formula is C10H22O7. The van der Waals surface area contributed by atoms with Crippen molar-refractivity contribution in [1.82, 2.24) is 0 Å². The van der Waals surface area contributed by atoms with Crippen LogP contribution in [0.5, 0.6) is 0 Å². The smallest absolute Gasteiger partial charge is 0.281 e. The molecule has 0 N–H and O–H groups in total. The zero-order chi connectivity index (χ0) is 13.4. The fourth-order valence-electron chi connectivity index (χ4n) is 0.734. The Morgan fingerprint density at radius 2 is 0.941 bits per heavy atom. The first-order chi connectivity index (χ1) is 7.95. The van der Waals surface area contributed by atoms with E-state index in [2.05, 4.69) is 0 Å². The van der Waals surface area contributed by atoms with Crippen molar-refractivity contribution in [3.63, 3.8) is 0 Å². The third-order valence-corrected chi connectivity index (χ3v) is 2.29. The normalized spacial score (nSPS) is 13.1. The average molecular weight is 254 g/mol. The Morgan fingerprint density at radius 1 is 0.647 bits per heavy atom. The largest absolute Gasteiger partial charge is 0.331 e. The van der Waals surface area contributed by atoms with Crippen molar-refractivity contribution in [2.24, 2.45) is 0 Å². The second-order valence-corrected chi connectivity index (χ2v) is 3.27. The van der Waals surface area contributed by atoms with Crippen molar-refractivity contribution in [3.05, 3.63) is 0 Å². The molecule has 0 aliphatic rings. The van der Waals surface area contributed by atoms with Gasteiger partial charge in [0, 0.05) is 42.3 Å². The van der Waals surface area contributed by atoms with Crippen LogP contribution in [-0.4, -0.2) is 54.0 Å². The zero-order valence-corrected chi connectivity index (χ0v) is 11.3. The topological polar surface area (TPSA) is 64.6 Å². The predicted molar refractivity (Wildman–Crippen MR) is 57.8 cm³/mol. The molecule has 0 rings (SSSR count). The monoisotopic (exact) mass is 254 g/mol. The summed E-state index contributed by atoms with van der Waals surface area (Å²) >= 11 is 0. The van der Waals surface area contributed by atoms with Crippen LogP contribution < -0.4 is 0 Å². The minimum Gasteiger partial charge on any atom is -0.331 e. The zero-order valence-electron chi connectivity index (χ0n) is 11.3. The van der Waals surface area contributed by atoms with Gasteiger partial charge in [0.1, 0.15) is 0 Å². The van der Waals surface area contributed by atoms with Gasteiger partial charge in [0.05, 0.1) is 0 Å². The summed E-state index contributed by atoms with van der Waals surface area (Å²) in [6.07, 6.45) is 0. The van der Waals surface area contributed by atoms with E-state index in [0.717, 1.165) is 0 Å². The van der Waals surface area contributed by atoms with Crippen molar-refractivity contribution in [1.29, 1.82) is 0 Å². The van der Waals surface area contributed by atoms with E-state index in [1.54, 1.807) is 13.8 Å². The molecule has 7 heteroatoms. The van der Waals surface area contributed by atoms with E-state index in [0.29, 0.717) is 0 Å². The van der Waals surface area contributed by atoms with Crippen molar-refractivity contribution >= 4 is 0 Å². The molecule has 0 heterocycles. The summed E-state index contributed by atoms with van der Waals surface area (Å²) in [7, 11) is 5.86.